The Hall–Kier alpha value is -5.41. The number of nitrogens with one attached hydrogen (secondary N) is 1. The van der Waals surface area contributed by atoms with Crippen molar-refractivity contribution in [1.29, 1.82) is 0 Å². The summed E-state index contributed by atoms with van der Waals surface area (Å²) in [6, 6.07) is 31.4. The number of carbonyl (C=O) groups excluding carboxylic acids is 3. The van der Waals surface area contributed by atoms with Crippen molar-refractivity contribution >= 4 is 29.7 Å². The lowest BCUT2D eigenvalue weighted by Gasteiger charge is -2.41. The molecule has 3 amide bonds. The number of benzene rings is 4. The highest BCUT2D eigenvalue weighted by Gasteiger charge is 2.41. The Labute approximate surface area is 316 Å². The Balaban J connectivity index is 1.05. The summed E-state index contributed by atoms with van der Waals surface area (Å²) in [7, 11) is 1.80. The molecule has 0 saturated carbocycles. The Kier molecular flexibility index (Phi) is 11.4. The fraction of sp³-hybridized carbons (Fsp3) is 0.300. The number of rotatable bonds is 12. The van der Waals surface area contributed by atoms with Crippen molar-refractivity contribution in [1.82, 2.24) is 30.4 Å². The number of tetrazole rings is 1. The molecule has 2 saturated heterocycles. The van der Waals surface area contributed by atoms with Gasteiger partial charge >= 0.3 is 6.09 Å². The second-order valence-electron chi connectivity index (χ2n) is 13.3. The van der Waals surface area contributed by atoms with Gasteiger partial charge in [-0.15, -0.1) is 5.10 Å². The number of carbonyl (C=O) groups is 3. The molecule has 5 aromatic rings. The molecule has 278 valence electrons. The highest BCUT2D eigenvalue weighted by molar-refractivity contribution is 7.99. The second kappa shape index (κ2) is 16.7. The number of amides is 3. The molecule has 2 aliphatic rings. The molecule has 14 heteroatoms. The molecule has 1 unspecified atom stereocenters. The van der Waals surface area contributed by atoms with Gasteiger partial charge in [-0.05, 0) is 43.8 Å². The number of aliphatic hydroxyl groups is 1. The third-order valence-corrected chi connectivity index (χ3v) is 10.8. The van der Waals surface area contributed by atoms with E-state index in [1.54, 1.807) is 11.7 Å². The monoisotopic (exact) mass is 748 g/mol. The minimum Gasteiger partial charge on any atom is -0.445 e. The molecule has 5 atom stereocenters. The lowest BCUT2D eigenvalue weighted by molar-refractivity contribution is -0.268. The number of aliphatic hydroxyl groups excluding tert-OH is 1. The highest BCUT2D eigenvalue weighted by Crippen LogP contribution is 2.43. The van der Waals surface area contributed by atoms with Gasteiger partial charge in [0.15, 0.2) is 6.29 Å². The van der Waals surface area contributed by atoms with E-state index in [2.05, 4.69) is 27.8 Å². The zero-order chi connectivity index (χ0) is 37.6. The molecular formula is C40H40N6O7S. The number of hydrogen-bond donors (Lipinski definition) is 2. The first-order valence-electron chi connectivity index (χ1n) is 17.6. The number of thioether (sulfide) groups is 1. The number of imide groups is 1. The molecule has 3 heterocycles. The van der Waals surface area contributed by atoms with Crippen LogP contribution in [0.3, 0.4) is 0 Å². The Bertz CT molecular complexity index is 2080. The van der Waals surface area contributed by atoms with Gasteiger partial charge in [-0.3, -0.25) is 14.5 Å². The van der Waals surface area contributed by atoms with Gasteiger partial charge in [0.05, 0.1) is 31.8 Å². The van der Waals surface area contributed by atoms with Crippen LogP contribution in [-0.4, -0.2) is 66.0 Å². The maximum Gasteiger partial charge on any atom is 0.408 e. The Morgan fingerprint density at radius 3 is 2.37 bits per heavy atom. The van der Waals surface area contributed by atoms with Crippen LogP contribution in [0.25, 0.3) is 11.1 Å². The van der Waals surface area contributed by atoms with E-state index in [9.17, 15) is 19.5 Å². The first-order valence-corrected chi connectivity index (χ1v) is 18.6. The van der Waals surface area contributed by atoms with Gasteiger partial charge in [-0.1, -0.05) is 122 Å². The third-order valence-electron chi connectivity index (χ3n) is 9.67. The first kappa shape index (κ1) is 36.9. The van der Waals surface area contributed by atoms with E-state index in [0.29, 0.717) is 10.9 Å². The molecule has 0 radical (unpaired) electrons. The topological polar surface area (TPSA) is 158 Å². The SMILES string of the molecule is C[C@H]1[C@@H](CSc2nnnn2C)O[C@@H](c2ccc(-c3ccccc3CN3C(=O)CC(NC(=O)OCc4ccccc4)C3=O)cc2)O[C@H]1c1ccc(CO)cc1. The zero-order valence-corrected chi connectivity index (χ0v) is 30.6. The normalized spacial score (nSPS) is 21.3. The molecule has 13 nitrogen and oxygen atoms in total. The zero-order valence-electron chi connectivity index (χ0n) is 29.8. The molecule has 54 heavy (non-hydrogen) atoms. The molecule has 0 bridgehead atoms. The summed E-state index contributed by atoms with van der Waals surface area (Å²) in [5.74, 6) is -0.258. The fourth-order valence-corrected chi connectivity index (χ4v) is 7.62. The second-order valence-corrected chi connectivity index (χ2v) is 14.3. The van der Waals surface area contributed by atoms with Crippen LogP contribution < -0.4 is 5.32 Å². The molecular weight excluding hydrogens is 709 g/mol. The summed E-state index contributed by atoms with van der Waals surface area (Å²) in [6.45, 7) is 2.17. The van der Waals surface area contributed by atoms with Gasteiger partial charge in [0.1, 0.15) is 12.6 Å². The number of nitrogens with zero attached hydrogens (tertiary/aromatic N) is 5. The predicted molar refractivity (Wildman–Crippen MR) is 198 cm³/mol. The van der Waals surface area contributed by atoms with E-state index in [1.807, 2.05) is 103 Å². The van der Waals surface area contributed by atoms with Crippen molar-refractivity contribution in [2.75, 3.05) is 5.75 Å². The maximum atomic E-state index is 13.3. The van der Waals surface area contributed by atoms with E-state index >= 15 is 0 Å². The van der Waals surface area contributed by atoms with Crippen LogP contribution in [0.1, 0.15) is 53.6 Å². The largest absolute Gasteiger partial charge is 0.445 e. The van der Waals surface area contributed by atoms with Crippen LogP contribution in [0.5, 0.6) is 0 Å². The smallest absolute Gasteiger partial charge is 0.408 e. The Morgan fingerprint density at radius 1 is 0.926 bits per heavy atom. The van der Waals surface area contributed by atoms with Crippen LogP contribution in [0.15, 0.2) is 108 Å². The fourth-order valence-electron chi connectivity index (χ4n) is 6.61. The van der Waals surface area contributed by atoms with Crippen LogP contribution in [0.4, 0.5) is 4.79 Å². The summed E-state index contributed by atoms with van der Waals surface area (Å²) in [5.41, 5.74) is 5.97. The number of aromatic nitrogens is 4. The lowest BCUT2D eigenvalue weighted by Crippen LogP contribution is -2.41. The van der Waals surface area contributed by atoms with Crippen LogP contribution in [0, 0.1) is 5.92 Å². The molecule has 2 N–H and O–H groups in total. The first-order chi connectivity index (χ1) is 26.3. The molecule has 0 aliphatic carbocycles. The standard InChI is InChI=1S/C40H40N6O7S/c1-25-34(24-54-39-42-43-44-45(39)2)52-38(53-36(25)29-14-12-26(22-47)13-15-29)30-18-16-28(17-19-30)32-11-7-6-10-31(32)21-46-35(48)20-33(37(46)49)41-40(50)51-23-27-8-4-3-5-9-27/h3-19,25,33-34,36,38,47H,20-24H2,1-2H3,(H,41,50)/t25-,33?,34+,36+,38+/m0/s1. The molecule has 2 fully saturated rings. The van der Waals surface area contributed by atoms with Crippen molar-refractivity contribution in [3.63, 3.8) is 0 Å². The van der Waals surface area contributed by atoms with Gasteiger partial charge in [-0.25, -0.2) is 9.48 Å². The number of likely N-dealkylation sites (tertiary alicyclic amines) is 1. The lowest BCUT2D eigenvalue weighted by atomic mass is 9.91. The van der Waals surface area contributed by atoms with Crippen molar-refractivity contribution < 1.29 is 33.7 Å². The molecule has 4 aromatic carbocycles. The van der Waals surface area contributed by atoms with Gasteiger partial charge in [0, 0.05) is 24.3 Å². The van der Waals surface area contributed by atoms with E-state index in [0.717, 1.165) is 38.9 Å². The summed E-state index contributed by atoms with van der Waals surface area (Å²) >= 11 is 1.52. The average Bonchev–Trinajstić information content (AvgIpc) is 3.73. The number of hydrogen-bond acceptors (Lipinski definition) is 11. The van der Waals surface area contributed by atoms with E-state index in [4.69, 9.17) is 14.2 Å². The Morgan fingerprint density at radius 2 is 1.65 bits per heavy atom. The summed E-state index contributed by atoms with van der Waals surface area (Å²) < 4.78 is 20.1. The van der Waals surface area contributed by atoms with E-state index < -0.39 is 24.3 Å². The summed E-state index contributed by atoms with van der Waals surface area (Å²) in [5, 5.41) is 24.6. The molecule has 0 spiro atoms. The maximum absolute atomic E-state index is 13.3. The molecule has 7 rings (SSSR count). The van der Waals surface area contributed by atoms with Crippen molar-refractivity contribution in [2.24, 2.45) is 13.0 Å². The van der Waals surface area contributed by atoms with Crippen molar-refractivity contribution in [2.45, 2.75) is 62.8 Å². The van der Waals surface area contributed by atoms with Crippen molar-refractivity contribution in [3.8, 4) is 11.1 Å². The van der Waals surface area contributed by atoms with E-state index in [-0.39, 0.29) is 50.2 Å². The van der Waals surface area contributed by atoms with Crippen LogP contribution in [0.2, 0.25) is 0 Å². The average molecular weight is 749 g/mol. The third kappa shape index (κ3) is 8.37. The molecule has 1 aromatic heterocycles. The van der Waals surface area contributed by atoms with Gasteiger partial charge in [-0.2, -0.15) is 0 Å². The quantitative estimate of drug-likeness (QED) is 0.123. The van der Waals surface area contributed by atoms with E-state index in [1.165, 1.54) is 16.7 Å². The van der Waals surface area contributed by atoms with Gasteiger partial charge in [0.25, 0.3) is 5.91 Å². The van der Waals surface area contributed by atoms with Crippen LogP contribution in [-0.2, 0) is 50.6 Å². The minimum absolute atomic E-state index is 0.00759. The van der Waals surface area contributed by atoms with Gasteiger partial charge in [0.2, 0.25) is 11.1 Å². The highest BCUT2D eigenvalue weighted by atomic mass is 32.2. The molecule has 2 aliphatic heterocycles. The van der Waals surface area contributed by atoms with Gasteiger partial charge < -0.3 is 24.6 Å². The number of ether oxygens (including phenoxy) is 3. The summed E-state index contributed by atoms with van der Waals surface area (Å²) in [4.78, 5) is 40.0. The minimum atomic E-state index is -0.999. The predicted octanol–water partition coefficient (Wildman–Crippen LogP) is 5.51. The number of aryl methyl sites for hydroxylation is 1. The summed E-state index contributed by atoms with van der Waals surface area (Å²) in [6.07, 6.45) is -2.04. The van der Waals surface area contributed by atoms with Crippen LogP contribution >= 0.6 is 11.8 Å². The number of alkyl carbamates (subject to hydrolysis) is 1. The van der Waals surface area contributed by atoms with Crippen molar-refractivity contribution in [3.05, 3.63) is 131 Å².